The van der Waals surface area contributed by atoms with Gasteiger partial charge in [-0.15, -0.1) is 5.10 Å². The summed E-state index contributed by atoms with van der Waals surface area (Å²) in [5.74, 6) is -0.109. The lowest BCUT2D eigenvalue weighted by Crippen LogP contribution is -2.31. The Morgan fingerprint density at radius 3 is 2.41 bits per heavy atom. The number of fused-ring (bicyclic) bond motifs is 1. The molecule has 1 amide bonds. The number of halogens is 1. The molecule has 1 aliphatic heterocycles. The Labute approximate surface area is 217 Å². The number of rotatable bonds is 7. The molecule has 7 nitrogen and oxygen atoms in total. The van der Waals surface area contributed by atoms with E-state index in [0.29, 0.717) is 39.2 Å². The van der Waals surface area contributed by atoms with Crippen LogP contribution < -0.4 is 10.6 Å². The normalized spacial score (nSPS) is 14.6. The molecule has 0 bridgehead atoms. The summed E-state index contributed by atoms with van der Waals surface area (Å²) in [6.07, 6.45) is 0. The molecule has 9 heteroatoms. The third kappa shape index (κ3) is 5.31. The number of benzene rings is 3. The van der Waals surface area contributed by atoms with Crippen molar-refractivity contribution < 1.29 is 14.0 Å². The van der Waals surface area contributed by atoms with Gasteiger partial charge in [0.25, 0.3) is 5.91 Å². The molecule has 0 unspecified atom stereocenters. The van der Waals surface area contributed by atoms with E-state index in [1.54, 1.807) is 48.0 Å². The molecule has 186 valence electrons. The van der Waals surface area contributed by atoms with Gasteiger partial charge in [0.2, 0.25) is 11.1 Å². The van der Waals surface area contributed by atoms with Crippen LogP contribution in [0.25, 0.3) is 0 Å². The summed E-state index contributed by atoms with van der Waals surface area (Å²) < 4.78 is 15.3. The third-order valence-electron chi connectivity index (χ3n) is 6.00. The summed E-state index contributed by atoms with van der Waals surface area (Å²) in [6.45, 7) is 3.76. The lowest BCUT2D eigenvalue weighted by Gasteiger charge is -2.28. The van der Waals surface area contributed by atoms with Gasteiger partial charge in [0.05, 0.1) is 11.3 Å². The van der Waals surface area contributed by atoms with Crippen molar-refractivity contribution in [3.63, 3.8) is 0 Å². The zero-order chi connectivity index (χ0) is 25.9. The molecule has 1 aromatic heterocycles. The first-order valence-corrected chi connectivity index (χ1v) is 12.7. The Bertz CT molecular complexity index is 1480. The molecule has 0 spiro atoms. The maximum absolute atomic E-state index is 13.7. The van der Waals surface area contributed by atoms with Gasteiger partial charge >= 0.3 is 0 Å². The number of amides is 1. The second-order valence-corrected chi connectivity index (χ2v) is 9.62. The van der Waals surface area contributed by atoms with Crippen LogP contribution in [-0.2, 0) is 4.79 Å². The van der Waals surface area contributed by atoms with Crippen LogP contribution >= 0.6 is 11.8 Å². The van der Waals surface area contributed by atoms with Crippen molar-refractivity contribution in [3.8, 4) is 0 Å². The molecule has 5 rings (SSSR count). The number of ketones is 1. The van der Waals surface area contributed by atoms with Gasteiger partial charge in [-0.25, -0.2) is 9.07 Å². The first-order valence-electron chi connectivity index (χ1n) is 11.7. The molecule has 2 heterocycles. The van der Waals surface area contributed by atoms with E-state index in [9.17, 15) is 14.0 Å². The third-order valence-corrected chi connectivity index (χ3v) is 6.84. The van der Waals surface area contributed by atoms with E-state index in [1.807, 2.05) is 37.3 Å². The minimum Gasteiger partial charge on any atom is -0.328 e. The lowest BCUT2D eigenvalue weighted by molar-refractivity contribution is -0.113. The van der Waals surface area contributed by atoms with E-state index in [-0.39, 0.29) is 23.3 Å². The molecule has 2 N–H and O–H groups in total. The fraction of sp³-hybridized carbons (Fsp3) is 0.143. The first-order chi connectivity index (χ1) is 17.9. The number of Topliss-reactive ketones (excluding diaryl/α,β-unsaturated/α-hetero) is 1. The van der Waals surface area contributed by atoms with Crippen LogP contribution in [0, 0.1) is 12.7 Å². The second-order valence-electron chi connectivity index (χ2n) is 8.68. The van der Waals surface area contributed by atoms with Crippen LogP contribution in [0.3, 0.4) is 0 Å². The number of nitrogens with one attached hydrogen (secondary N) is 2. The molecule has 0 aliphatic carbocycles. The Morgan fingerprint density at radius 2 is 1.70 bits per heavy atom. The lowest BCUT2D eigenvalue weighted by atomic mass is 9.95. The first kappa shape index (κ1) is 24.5. The van der Waals surface area contributed by atoms with Gasteiger partial charge in [-0.2, -0.15) is 4.98 Å². The van der Waals surface area contributed by atoms with E-state index >= 15 is 0 Å². The van der Waals surface area contributed by atoms with E-state index < -0.39 is 6.04 Å². The number of aryl methyl sites for hydroxylation is 1. The number of para-hydroxylation sites is 1. The number of carbonyl (C=O) groups excluding carboxylic acids is 2. The highest BCUT2D eigenvalue weighted by molar-refractivity contribution is 7.99. The van der Waals surface area contributed by atoms with Gasteiger partial charge in [-0.3, -0.25) is 9.59 Å². The van der Waals surface area contributed by atoms with E-state index in [4.69, 9.17) is 0 Å². The van der Waals surface area contributed by atoms with E-state index in [0.717, 1.165) is 5.56 Å². The molecule has 1 aliphatic rings. The zero-order valence-corrected chi connectivity index (χ0v) is 21.1. The molecule has 0 fully saturated rings. The monoisotopic (exact) mass is 513 g/mol. The van der Waals surface area contributed by atoms with Crippen molar-refractivity contribution in [2.45, 2.75) is 25.0 Å². The van der Waals surface area contributed by atoms with Gasteiger partial charge < -0.3 is 10.6 Å². The molecule has 3 aromatic carbocycles. The van der Waals surface area contributed by atoms with Crippen molar-refractivity contribution in [3.05, 3.63) is 113 Å². The molecule has 0 saturated carbocycles. The highest BCUT2D eigenvalue weighted by atomic mass is 32.2. The summed E-state index contributed by atoms with van der Waals surface area (Å²) in [5, 5.41) is 11.1. The number of thioether (sulfide) groups is 1. The summed E-state index contributed by atoms with van der Waals surface area (Å²) in [5.41, 5.74) is 4.08. The number of hydrogen-bond acceptors (Lipinski definition) is 6. The van der Waals surface area contributed by atoms with Crippen LogP contribution in [-0.4, -0.2) is 32.2 Å². The quantitative estimate of drug-likeness (QED) is 0.246. The van der Waals surface area contributed by atoms with Gasteiger partial charge in [0, 0.05) is 16.9 Å². The van der Waals surface area contributed by atoms with Crippen LogP contribution in [0.15, 0.2) is 95.3 Å². The minimum atomic E-state index is -0.643. The number of aromatic nitrogens is 3. The van der Waals surface area contributed by atoms with Crippen LogP contribution in [0.1, 0.15) is 34.5 Å². The number of hydrogen-bond donors (Lipinski definition) is 2. The van der Waals surface area contributed by atoms with Crippen molar-refractivity contribution in [1.29, 1.82) is 0 Å². The molecule has 37 heavy (non-hydrogen) atoms. The molecule has 0 saturated heterocycles. The van der Waals surface area contributed by atoms with E-state index in [2.05, 4.69) is 20.7 Å². The molecule has 4 aromatic rings. The van der Waals surface area contributed by atoms with Gasteiger partial charge in [0.15, 0.2) is 5.78 Å². The molecular formula is C28H24FN5O2S. The Balaban J connectivity index is 1.44. The molecular weight excluding hydrogens is 489 g/mol. The predicted octanol–water partition coefficient (Wildman–Crippen LogP) is 5.63. The molecule has 1 atom stereocenters. The number of carbonyl (C=O) groups is 2. The fourth-order valence-electron chi connectivity index (χ4n) is 4.11. The fourth-order valence-corrected chi connectivity index (χ4v) is 4.84. The topological polar surface area (TPSA) is 88.9 Å². The van der Waals surface area contributed by atoms with Crippen molar-refractivity contribution in [2.75, 3.05) is 16.4 Å². The number of anilines is 2. The summed E-state index contributed by atoms with van der Waals surface area (Å²) in [4.78, 5) is 30.7. The van der Waals surface area contributed by atoms with Gasteiger partial charge in [0.1, 0.15) is 11.9 Å². The second kappa shape index (κ2) is 10.4. The zero-order valence-electron chi connectivity index (χ0n) is 20.2. The largest absolute Gasteiger partial charge is 0.328 e. The Hall–Kier alpha value is -4.24. The summed E-state index contributed by atoms with van der Waals surface area (Å²) in [6, 6.07) is 21.9. The van der Waals surface area contributed by atoms with E-state index in [1.165, 1.54) is 23.9 Å². The number of allylic oxidation sites excluding steroid dienone is 1. The van der Waals surface area contributed by atoms with Crippen molar-refractivity contribution >= 4 is 35.1 Å². The Kier molecular flexibility index (Phi) is 6.87. The van der Waals surface area contributed by atoms with Crippen molar-refractivity contribution in [1.82, 2.24) is 14.8 Å². The summed E-state index contributed by atoms with van der Waals surface area (Å²) >= 11 is 1.22. The van der Waals surface area contributed by atoms with Crippen LogP contribution in [0.5, 0.6) is 0 Å². The smallest absolute Gasteiger partial charge is 0.255 e. The predicted molar refractivity (Wildman–Crippen MR) is 142 cm³/mol. The van der Waals surface area contributed by atoms with Crippen LogP contribution in [0.2, 0.25) is 0 Å². The maximum atomic E-state index is 13.7. The molecule has 0 radical (unpaired) electrons. The van der Waals surface area contributed by atoms with Crippen LogP contribution in [0.4, 0.5) is 16.0 Å². The summed E-state index contributed by atoms with van der Waals surface area (Å²) in [7, 11) is 0. The number of nitrogens with zero attached hydrogens (tertiary/aromatic N) is 3. The maximum Gasteiger partial charge on any atom is 0.255 e. The average Bonchev–Trinajstić information content (AvgIpc) is 3.30. The van der Waals surface area contributed by atoms with Crippen molar-refractivity contribution in [2.24, 2.45) is 0 Å². The average molecular weight is 514 g/mol. The SMILES string of the molecule is CC1=C(C(=O)Nc2ccccc2)[C@H](c2ccc(F)cc2)n2nc(SCC(=O)c3ccc(C)cc3)nc2N1. The highest BCUT2D eigenvalue weighted by Gasteiger charge is 2.34. The van der Waals surface area contributed by atoms with Gasteiger partial charge in [-0.05, 0) is 43.7 Å². The minimum absolute atomic E-state index is 0.0296. The van der Waals surface area contributed by atoms with Gasteiger partial charge in [-0.1, -0.05) is 71.9 Å². The standard InChI is InChI=1S/C28H24FN5O2S/c1-17-8-10-19(11-9-17)23(35)16-37-28-32-27-30-18(2)24(26(36)31-22-6-4-3-5-7-22)25(34(27)33-28)20-12-14-21(29)15-13-20/h3-15,25H,16H2,1-2H3,(H,31,36)(H,30,32,33)/t25-/m0/s1. The Morgan fingerprint density at radius 1 is 1.00 bits per heavy atom. The highest BCUT2D eigenvalue weighted by Crippen LogP contribution is 2.36.